The standard InChI is InChI=1S/C9H16ClN5O/c1-14(2)5-6-15(3)8-11-7(10)12-9(13-8)16-4/h5-6H2,1-4H3. The van der Waals surface area contributed by atoms with E-state index in [1.54, 1.807) is 0 Å². The quantitative estimate of drug-likeness (QED) is 0.755. The van der Waals surface area contributed by atoms with Crippen molar-refractivity contribution < 1.29 is 4.74 Å². The van der Waals surface area contributed by atoms with Crippen LogP contribution in [0.25, 0.3) is 0 Å². The van der Waals surface area contributed by atoms with Gasteiger partial charge < -0.3 is 14.5 Å². The van der Waals surface area contributed by atoms with Gasteiger partial charge in [-0.25, -0.2) is 0 Å². The van der Waals surface area contributed by atoms with Crippen molar-refractivity contribution in [2.75, 3.05) is 46.2 Å². The van der Waals surface area contributed by atoms with E-state index in [0.717, 1.165) is 13.1 Å². The van der Waals surface area contributed by atoms with Crippen molar-refractivity contribution in [3.8, 4) is 6.01 Å². The maximum atomic E-state index is 5.76. The number of ether oxygens (including phenoxy) is 1. The summed E-state index contributed by atoms with van der Waals surface area (Å²) in [6, 6.07) is 0.228. The number of hydrogen-bond acceptors (Lipinski definition) is 6. The molecule has 0 spiro atoms. The fourth-order valence-corrected chi connectivity index (χ4v) is 1.18. The molecule has 0 N–H and O–H groups in total. The lowest BCUT2D eigenvalue weighted by atomic mass is 10.5. The van der Waals surface area contributed by atoms with Crippen LogP contribution in [-0.2, 0) is 0 Å². The van der Waals surface area contributed by atoms with Gasteiger partial charge in [0.05, 0.1) is 7.11 Å². The van der Waals surface area contributed by atoms with Crippen molar-refractivity contribution in [1.82, 2.24) is 19.9 Å². The Morgan fingerprint density at radius 1 is 1.12 bits per heavy atom. The highest BCUT2D eigenvalue weighted by atomic mass is 35.5. The molecule has 16 heavy (non-hydrogen) atoms. The summed E-state index contributed by atoms with van der Waals surface area (Å²) < 4.78 is 4.93. The third-order valence-electron chi connectivity index (χ3n) is 1.98. The van der Waals surface area contributed by atoms with Crippen molar-refractivity contribution in [1.29, 1.82) is 0 Å². The Bertz CT molecular complexity index is 347. The van der Waals surface area contributed by atoms with E-state index in [1.165, 1.54) is 7.11 Å². The zero-order valence-electron chi connectivity index (χ0n) is 9.94. The number of anilines is 1. The molecule has 6 nitrogen and oxygen atoms in total. The minimum absolute atomic E-state index is 0.138. The average molecular weight is 246 g/mol. The molecule has 1 aromatic heterocycles. The van der Waals surface area contributed by atoms with Gasteiger partial charge in [-0.2, -0.15) is 15.0 Å². The maximum Gasteiger partial charge on any atom is 0.322 e. The zero-order chi connectivity index (χ0) is 12.1. The van der Waals surface area contributed by atoms with Crippen LogP contribution in [0, 0.1) is 0 Å². The highest BCUT2D eigenvalue weighted by Crippen LogP contribution is 2.13. The Balaban J connectivity index is 2.74. The largest absolute Gasteiger partial charge is 0.467 e. The minimum atomic E-state index is 0.138. The van der Waals surface area contributed by atoms with E-state index in [2.05, 4.69) is 19.9 Å². The van der Waals surface area contributed by atoms with Gasteiger partial charge in [0, 0.05) is 20.1 Å². The normalized spacial score (nSPS) is 10.6. The highest BCUT2D eigenvalue weighted by Gasteiger charge is 2.09. The predicted molar refractivity (Wildman–Crippen MR) is 63.2 cm³/mol. The van der Waals surface area contributed by atoms with Gasteiger partial charge in [-0.05, 0) is 25.7 Å². The van der Waals surface area contributed by atoms with Gasteiger partial charge >= 0.3 is 6.01 Å². The van der Waals surface area contributed by atoms with E-state index in [9.17, 15) is 0 Å². The Hall–Kier alpha value is -1.14. The molecule has 0 aromatic carbocycles. The van der Waals surface area contributed by atoms with Gasteiger partial charge in [-0.1, -0.05) is 0 Å². The van der Waals surface area contributed by atoms with E-state index in [4.69, 9.17) is 16.3 Å². The van der Waals surface area contributed by atoms with Crippen LogP contribution in [0.1, 0.15) is 0 Å². The molecule has 7 heteroatoms. The van der Waals surface area contributed by atoms with Gasteiger partial charge in [-0.3, -0.25) is 0 Å². The van der Waals surface area contributed by atoms with Crippen LogP contribution in [0.2, 0.25) is 5.28 Å². The summed E-state index contributed by atoms with van der Waals surface area (Å²) >= 11 is 5.76. The first-order valence-corrected chi connectivity index (χ1v) is 5.22. The smallest absolute Gasteiger partial charge is 0.322 e. The molecule has 0 unspecified atom stereocenters. The molecule has 1 rings (SSSR count). The molecular formula is C9H16ClN5O. The molecule has 0 fully saturated rings. The third kappa shape index (κ3) is 3.79. The summed E-state index contributed by atoms with van der Waals surface area (Å²) in [5.41, 5.74) is 0. The Morgan fingerprint density at radius 2 is 1.81 bits per heavy atom. The molecule has 1 aromatic rings. The topological polar surface area (TPSA) is 54.4 Å². The van der Waals surface area contributed by atoms with Crippen LogP contribution in [-0.4, -0.2) is 61.2 Å². The lowest BCUT2D eigenvalue weighted by molar-refractivity contribution is 0.377. The van der Waals surface area contributed by atoms with Crippen LogP contribution in [0.5, 0.6) is 6.01 Å². The van der Waals surface area contributed by atoms with E-state index in [1.807, 2.05) is 26.0 Å². The molecule has 0 amide bonds. The summed E-state index contributed by atoms with van der Waals surface area (Å²) in [5, 5.41) is 0.138. The number of halogens is 1. The van der Waals surface area contributed by atoms with E-state index in [0.29, 0.717) is 5.95 Å². The van der Waals surface area contributed by atoms with Crippen LogP contribution < -0.4 is 9.64 Å². The summed E-state index contributed by atoms with van der Waals surface area (Å²) in [4.78, 5) is 15.9. The first kappa shape index (κ1) is 12.9. The second-order valence-corrected chi connectivity index (χ2v) is 3.95. The summed E-state index contributed by atoms with van der Waals surface area (Å²) in [6.45, 7) is 1.71. The molecule has 0 saturated carbocycles. The molecule has 0 aliphatic heterocycles. The van der Waals surface area contributed by atoms with Crippen LogP contribution in [0.15, 0.2) is 0 Å². The number of hydrogen-bond donors (Lipinski definition) is 0. The molecule has 90 valence electrons. The second kappa shape index (κ2) is 5.81. The fourth-order valence-electron chi connectivity index (χ4n) is 1.03. The monoisotopic (exact) mass is 245 g/mol. The molecular weight excluding hydrogens is 230 g/mol. The number of nitrogens with zero attached hydrogens (tertiary/aromatic N) is 5. The molecule has 0 bridgehead atoms. The number of rotatable bonds is 5. The van der Waals surface area contributed by atoms with Crippen molar-refractivity contribution in [2.45, 2.75) is 0 Å². The van der Waals surface area contributed by atoms with Crippen molar-refractivity contribution >= 4 is 17.5 Å². The minimum Gasteiger partial charge on any atom is -0.467 e. The van der Waals surface area contributed by atoms with Crippen LogP contribution in [0.3, 0.4) is 0 Å². The number of aromatic nitrogens is 3. The molecule has 0 saturated heterocycles. The molecule has 0 radical (unpaired) electrons. The number of likely N-dealkylation sites (N-methyl/N-ethyl adjacent to an activating group) is 2. The van der Waals surface area contributed by atoms with E-state index < -0.39 is 0 Å². The summed E-state index contributed by atoms with van der Waals surface area (Å²) in [7, 11) is 7.41. The lowest BCUT2D eigenvalue weighted by Gasteiger charge is -2.19. The third-order valence-corrected chi connectivity index (χ3v) is 2.15. The number of methoxy groups -OCH3 is 1. The van der Waals surface area contributed by atoms with Crippen LogP contribution in [0.4, 0.5) is 5.95 Å². The molecule has 0 atom stereocenters. The van der Waals surface area contributed by atoms with Gasteiger partial charge in [0.1, 0.15) is 0 Å². The molecule has 0 aliphatic rings. The first-order chi connectivity index (χ1) is 7.52. The summed E-state index contributed by atoms with van der Waals surface area (Å²) in [6.07, 6.45) is 0. The maximum absolute atomic E-state index is 5.76. The summed E-state index contributed by atoms with van der Waals surface area (Å²) in [5.74, 6) is 0.513. The highest BCUT2D eigenvalue weighted by molar-refractivity contribution is 6.28. The van der Waals surface area contributed by atoms with E-state index >= 15 is 0 Å². The Labute approximate surface area is 100 Å². The first-order valence-electron chi connectivity index (χ1n) is 4.84. The van der Waals surface area contributed by atoms with Crippen molar-refractivity contribution in [2.24, 2.45) is 0 Å². The zero-order valence-corrected chi connectivity index (χ0v) is 10.7. The molecule has 0 aliphatic carbocycles. The fraction of sp³-hybridized carbons (Fsp3) is 0.667. The Morgan fingerprint density at radius 3 is 2.38 bits per heavy atom. The van der Waals surface area contributed by atoms with Crippen LogP contribution >= 0.6 is 11.6 Å². The van der Waals surface area contributed by atoms with Gasteiger partial charge in [0.25, 0.3) is 0 Å². The van der Waals surface area contributed by atoms with Crippen molar-refractivity contribution in [3.05, 3.63) is 5.28 Å². The molecule has 1 heterocycles. The second-order valence-electron chi connectivity index (χ2n) is 3.62. The van der Waals surface area contributed by atoms with E-state index in [-0.39, 0.29) is 11.3 Å². The van der Waals surface area contributed by atoms with Gasteiger partial charge in [0.15, 0.2) is 0 Å². The van der Waals surface area contributed by atoms with Gasteiger partial charge in [0.2, 0.25) is 11.2 Å². The SMILES string of the molecule is COc1nc(Cl)nc(N(C)CCN(C)C)n1. The predicted octanol–water partition coefficient (Wildman–Crippen LogP) is 0.531. The van der Waals surface area contributed by atoms with Gasteiger partial charge in [-0.15, -0.1) is 0 Å². The Kier molecular flexibility index (Phi) is 4.70. The average Bonchev–Trinajstić information content (AvgIpc) is 2.24. The van der Waals surface area contributed by atoms with Crippen molar-refractivity contribution in [3.63, 3.8) is 0 Å². The lowest BCUT2D eigenvalue weighted by Crippen LogP contribution is -2.29.